The normalized spacial score (nSPS) is 14.2. The third kappa shape index (κ3) is 5.59. The van der Waals surface area contributed by atoms with Crippen LogP contribution in [0.2, 0.25) is 0 Å². The Kier molecular flexibility index (Phi) is 7.50. The molecule has 3 aromatic carbocycles. The molecule has 0 saturated carbocycles. The van der Waals surface area contributed by atoms with Gasteiger partial charge in [0, 0.05) is 12.8 Å². The molecule has 1 fully saturated rings. The number of carbonyl (C=O) groups is 2. The minimum absolute atomic E-state index is 0.00202. The molecule has 1 saturated heterocycles. The number of aliphatic hydroxyl groups is 1. The number of nitrogens with zero attached hydrogens (tertiary/aromatic N) is 1. The van der Waals surface area contributed by atoms with Gasteiger partial charge < -0.3 is 5.11 Å². The monoisotopic (exact) mass is 513 g/mol. The summed E-state index contributed by atoms with van der Waals surface area (Å²) in [7, 11) is 0. The minimum atomic E-state index is -4.45. The number of halogens is 4. The molecular weight excluding hydrogens is 486 g/mol. The van der Waals surface area contributed by atoms with E-state index in [1.165, 1.54) is 29.2 Å². The summed E-state index contributed by atoms with van der Waals surface area (Å²) >= 11 is 0. The van der Waals surface area contributed by atoms with Gasteiger partial charge in [-0.25, -0.2) is 4.39 Å². The van der Waals surface area contributed by atoms with Gasteiger partial charge in [0.1, 0.15) is 5.82 Å². The molecule has 3 aromatic rings. The van der Waals surface area contributed by atoms with Gasteiger partial charge in [0.15, 0.2) is 0 Å². The van der Waals surface area contributed by atoms with Crippen LogP contribution in [0, 0.1) is 5.82 Å². The first kappa shape index (κ1) is 26.5. The van der Waals surface area contributed by atoms with E-state index in [2.05, 4.69) is 0 Å². The zero-order valence-corrected chi connectivity index (χ0v) is 20.5. The largest absolute Gasteiger partial charge is 0.416 e. The molecule has 194 valence electrons. The van der Waals surface area contributed by atoms with E-state index in [-0.39, 0.29) is 43.5 Å². The maximum absolute atomic E-state index is 13.8. The Morgan fingerprint density at radius 3 is 2.03 bits per heavy atom. The van der Waals surface area contributed by atoms with Gasteiger partial charge in [-0.2, -0.15) is 13.2 Å². The molecule has 0 aliphatic carbocycles. The van der Waals surface area contributed by atoms with Crippen LogP contribution in [0.15, 0.2) is 54.6 Å². The van der Waals surface area contributed by atoms with Crippen molar-refractivity contribution in [2.45, 2.75) is 58.4 Å². The second-order valence-corrected chi connectivity index (χ2v) is 9.52. The van der Waals surface area contributed by atoms with Crippen molar-refractivity contribution in [1.29, 1.82) is 0 Å². The topological polar surface area (TPSA) is 57.6 Å². The van der Waals surface area contributed by atoms with E-state index in [1.807, 2.05) is 19.9 Å². The first-order chi connectivity index (χ1) is 17.5. The first-order valence-corrected chi connectivity index (χ1v) is 12.0. The highest BCUT2D eigenvalue weighted by molar-refractivity contribution is 6.01. The molecule has 0 aromatic heterocycles. The Balaban J connectivity index is 1.90. The molecule has 0 spiro atoms. The van der Waals surface area contributed by atoms with Crippen LogP contribution >= 0.6 is 0 Å². The van der Waals surface area contributed by atoms with Crippen LogP contribution in [0.5, 0.6) is 0 Å². The molecule has 4 rings (SSSR count). The van der Waals surface area contributed by atoms with Crippen molar-refractivity contribution in [2.24, 2.45) is 0 Å². The van der Waals surface area contributed by atoms with Crippen molar-refractivity contribution in [3.05, 3.63) is 93.8 Å². The molecule has 1 aliphatic heterocycles. The average molecular weight is 514 g/mol. The van der Waals surface area contributed by atoms with Crippen LogP contribution in [-0.4, -0.2) is 21.8 Å². The van der Waals surface area contributed by atoms with E-state index in [0.29, 0.717) is 27.8 Å². The molecule has 37 heavy (non-hydrogen) atoms. The molecule has 8 heteroatoms. The van der Waals surface area contributed by atoms with Gasteiger partial charge in [-0.3, -0.25) is 14.5 Å². The van der Waals surface area contributed by atoms with Gasteiger partial charge in [-0.15, -0.1) is 0 Å². The number of hydrogen-bond donors (Lipinski definition) is 1. The molecule has 0 radical (unpaired) electrons. The fourth-order valence-electron chi connectivity index (χ4n) is 4.83. The van der Waals surface area contributed by atoms with Gasteiger partial charge in [0.25, 0.3) is 0 Å². The van der Waals surface area contributed by atoms with Crippen molar-refractivity contribution >= 4 is 11.8 Å². The fourth-order valence-corrected chi connectivity index (χ4v) is 4.83. The predicted molar refractivity (Wildman–Crippen MR) is 131 cm³/mol. The van der Waals surface area contributed by atoms with Gasteiger partial charge in [-0.1, -0.05) is 44.2 Å². The first-order valence-electron chi connectivity index (χ1n) is 12.0. The van der Waals surface area contributed by atoms with Crippen LogP contribution in [-0.2, 0) is 35.3 Å². The van der Waals surface area contributed by atoms with E-state index in [1.54, 1.807) is 12.1 Å². The maximum Gasteiger partial charge on any atom is 0.416 e. The average Bonchev–Trinajstić information content (AvgIpc) is 3.16. The van der Waals surface area contributed by atoms with Gasteiger partial charge in [0.05, 0.1) is 18.7 Å². The summed E-state index contributed by atoms with van der Waals surface area (Å²) in [6.45, 7) is 3.53. The van der Waals surface area contributed by atoms with Gasteiger partial charge in [-0.05, 0) is 75.5 Å². The lowest BCUT2D eigenvalue weighted by Crippen LogP contribution is -2.29. The molecule has 0 unspecified atom stereocenters. The number of likely N-dealkylation sites (tertiary alicyclic amines) is 1. The highest BCUT2D eigenvalue weighted by atomic mass is 19.4. The highest BCUT2D eigenvalue weighted by Crippen LogP contribution is 2.39. The summed E-state index contributed by atoms with van der Waals surface area (Å²) in [5.74, 6) is -1.03. The number of aliphatic hydroxyl groups excluding tert-OH is 1. The van der Waals surface area contributed by atoms with Crippen LogP contribution in [0.3, 0.4) is 0 Å². The van der Waals surface area contributed by atoms with E-state index >= 15 is 0 Å². The summed E-state index contributed by atoms with van der Waals surface area (Å²) in [5.41, 5.74) is 3.89. The van der Waals surface area contributed by atoms with Crippen LogP contribution in [0.25, 0.3) is 11.1 Å². The number of alkyl halides is 3. The molecule has 1 aliphatic rings. The lowest BCUT2D eigenvalue weighted by molar-refractivity contribution is -0.139. The zero-order chi connectivity index (χ0) is 26.9. The molecule has 1 N–H and O–H groups in total. The lowest BCUT2D eigenvalue weighted by atomic mass is 9.81. The fraction of sp³-hybridized carbons (Fsp3) is 0.310. The molecular formula is C29H27F4NO3. The summed E-state index contributed by atoms with van der Waals surface area (Å²) in [4.78, 5) is 25.8. The molecule has 2 amide bonds. The molecule has 4 nitrogen and oxygen atoms in total. The van der Waals surface area contributed by atoms with Crippen LogP contribution < -0.4 is 0 Å². The lowest BCUT2D eigenvalue weighted by Gasteiger charge is -2.26. The Labute approximate surface area is 212 Å². The highest BCUT2D eigenvalue weighted by Gasteiger charge is 2.32. The quantitative estimate of drug-likeness (QED) is 0.295. The van der Waals surface area contributed by atoms with Crippen LogP contribution in [0.4, 0.5) is 17.6 Å². The predicted octanol–water partition coefficient (Wildman–Crippen LogP) is 6.37. The summed E-state index contributed by atoms with van der Waals surface area (Å²) in [6, 6.07) is 12.6. The van der Waals surface area contributed by atoms with Crippen molar-refractivity contribution in [3.8, 4) is 11.1 Å². The Bertz CT molecular complexity index is 1300. The third-order valence-corrected chi connectivity index (χ3v) is 6.73. The SMILES string of the molecule is CC(C)c1cc(CN2C(=O)CCC2=O)c(CO)c(-c2ccc(F)cc2)c1Cc1ccc(C(F)(F)F)cc1. The van der Waals surface area contributed by atoms with E-state index in [9.17, 15) is 32.3 Å². The van der Waals surface area contributed by atoms with Crippen LogP contribution in [0.1, 0.15) is 66.0 Å². The molecule has 0 bridgehead atoms. The number of benzene rings is 3. The van der Waals surface area contributed by atoms with Gasteiger partial charge in [0.2, 0.25) is 11.8 Å². The second-order valence-electron chi connectivity index (χ2n) is 9.52. The number of rotatable bonds is 7. The third-order valence-electron chi connectivity index (χ3n) is 6.73. The summed E-state index contributed by atoms with van der Waals surface area (Å²) in [6.07, 6.45) is -3.90. The Morgan fingerprint density at radius 1 is 0.919 bits per heavy atom. The maximum atomic E-state index is 13.8. The summed E-state index contributed by atoms with van der Waals surface area (Å²) in [5, 5.41) is 10.5. The van der Waals surface area contributed by atoms with E-state index in [4.69, 9.17) is 0 Å². The molecule has 1 heterocycles. The Morgan fingerprint density at radius 2 is 1.51 bits per heavy atom. The van der Waals surface area contributed by atoms with E-state index < -0.39 is 24.2 Å². The standard InChI is InChI=1S/C29H27F4NO3/c1-17(2)23-14-20(15-34-26(36)11-12-27(34)37)25(16-35)28(19-5-9-22(30)10-6-19)24(23)13-18-3-7-21(8-4-18)29(31,32)33/h3-10,14,17,35H,11-13,15-16H2,1-2H3. The van der Waals surface area contributed by atoms with E-state index in [0.717, 1.165) is 23.3 Å². The number of amides is 2. The smallest absolute Gasteiger partial charge is 0.392 e. The van der Waals surface area contributed by atoms with Crippen molar-refractivity contribution < 1.29 is 32.3 Å². The molecule has 0 atom stereocenters. The van der Waals surface area contributed by atoms with Crippen molar-refractivity contribution in [3.63, 3.8) is 0 Å². The number of carbonyl (C=O) groups excluding carboxylic acids is 2. The summed E-state index contributed by atoms with van der Waals surface area (Å²) < 4.78 is 53.1. The van der Waals surface area contributed by atoms with Crippen molar-refractivity contribution in [1.82, 2.24) is 4.90 Å². The Hall–Kier alpha value is -3.52. The number of hydrogen-bond acceptors (Lipinski definition) is 3. The minimum Gasteiger partial charge on any atom is -0.392 e. The number of imide groups is 1. The second kappa shape index (κ2) is 10.5. The van der Waals surface area contributed by atoms with Crippen molar-refractivity contribution in [2.75, 3.05) is 0 Å². The zero-order valence-electron chi connectivity index (χ0n) is 20.5. The van der Waals surface area contributed by atoms with Gasteiger partial charge >= 0.3 is 6.18 Å².